The first-order valence-corrected chi connectivity index (χ1v) is 10.5. The number of nitrogens with zero attached hydrogens (tertiary/aromatic N) is 2. The summed E-state index contributed by atoms with van der Waals surface area (Å²) in [5.74, 6) is 3.47. The van der Waals surface area contributed by atoms with Gasteiger partial charge in [-0.1, -0.05) is 0 Å². The fraction of sp³-hybridized carbons (Fsp3) is 0.435. The maximum absolute atomic E-state index is 12.0. The summed E-state index contributed by atoms with van der Waals surface area (Å²) in [5, 5.41) is 12.0. The van der Waals surface area contributed by atoms with Gasteiger partial charge in [0.2, 0.25) is 6.79 Å². The molecule has 1 N–H and O–H groups in total. The lowest BCUT2D eigenvalue weighted by molar-refractivity contribution is -0.534. The van der Waals surface area contributed by atoms with E-state index in [-0.39, 0.29) is 6.79 Å². The molecule has 29 heavy (non-hydrogen) atoms. The summed E-state index contributed by atoms with van der Waals surface area (Å²) in [5.41, 5.74) is 0.634. The Morgan fingerprint density at radius 2 is 1.90 bits per heavy atom. The lowest BCUT2D eigenvalue weighted by atomic mass is 9.99. The van der Waals surface area contributed by atoms with Gasteiger partial charge < -0.3 is 19.3 Å². The van der Waals surface area contributed by atoms with Crippen molar-refractivity contribution in [2.24, 2.45) is 0 Å². The number of amidine groups is 1. The molecule has 5 rings (SSSR count). The molecule has 3 aliphatic heterocycles. The van der Waals surface area contributed by atoms with Crippen molar-refractivity contribution in [3.8, 4) is 17.2 Å². The Kier molecular flexibility index (Phi) is 4.59. The monoisotopic (exact) mass is 395 g/mol. The van der Waals surface area contributed by atoms with Gasteiger partial charge in [-0.25, -0.2) is 0 Å². The van der Waals surface area contributed by atoms with Crippen LogP contribution in [0, 0.1) is 0 Å². The maximum atomic E-state index is 12.0. The highest BCUT2D eigenvalue weighted by molar-refractivity contribution is 5.97. The molecule has 0 unspecified atom stereocenters. The van der Waals surface area contributed by atoms with Crippen molar-refractivity contribution in [3.05, 3.63) is 48.0 Å². The largest absolute Gasteiger partial charge is 0.494 e. The fourth-order valence-corrected chi connectivity index (χ4v) is 4.62. The molecular formula is C23H27N2O4+. The van der Waals surface area contributed by atoms with Crippen molar-refractivity contribution in [2.75, 3.05) is 31.4 Å². The number of ether oxygens (including phenoxy) is 3. The van der Waals surface area contributed by atoms with E-state index in [0.717, 1.165) is 54.3 Å². The zero-order valence-electron chi connectivity index (χ0n) is 16.8. The predicted octanol–water partition coefficient (Wildman–Crippen LogP) is 3.46. The van der Waals surface area contributed by atoms with Crippen LogP contribution in [0.5, 0.6) is 17.2 Å². The minimum absolute atomic E-state index is 0.241. The summed E-state index contributed by atoms with van der Waals surface area (Å²) in [6, 6.07) is 13.7. The molecule has 0 fully saturated rings. The molecule has 2 aromatic carbocycles. The quantitative estimate of drug-likeness (QED) is 0.804. The molecule has 0 aromatic heterocycles. The second kappa shape index (κ2) is 7.26. The minimum Gasteiger partial charge on any atom is -0.494 e. The van der Waals surface area contributed by atoms with E-state index in [1.165, 1.54) is 12.3 Å². The number of hydrogen-bond acceptors (Lipinski definition) is 5. The molecule has 6 nitrogen and oxygen atoms in total. The van der Waals surface area contributed by atoms with Gasteiger partial charge in [-0.15, -0.1) is 0 Å². The van der Waals surface area contributed by atoms with Crippen LogP contribution in [-0.2, 0) is 5.72 Å². The van der Waals surface area contributed by atoms with Crippen LogP contribution in [0.3, 0.4) is 0 Å². The summed E-state index contributed by atoms with van der Waals surface area (Å²) in [4.78, 5) is 2.09. The first-order chi connectivity index (χ1) is 14.2. The summed E-state index contributed by atoms with van der Waals surface area (Å²) in [7, 11) is 0. The van der Waals surface area contributed by atoms with Crippen molar-refractivity contribution in [1.82, 2.24) is 0 Å². The first kappa shape index (κ1) is 18.3. The Labute approximate surface area is 170 Å². The Hall–Kier alpha value is -2.73. The molecule has 0 radical (unpaired) electrons. The minimum atomic E-state index is -1.15. The van der Waals surface area contributed by atoms with Gasteiger partial charge in [0.25, 0.3) is 11.6 Å². The number of hydrogen-bond donors (Lipinski definition) is 1. The normalized spacial score (nSPS) is 23.2. The van der Waals surface area contributed by atoms with Crippen LogP contribution in [0.15, 0.2) is 42.5 Å². The average molecular weight is 395 g/mol. The average Bonchev–Trinajstić information content (AvgIpc) is 3.23. The first-order valence-electron chi connectivity index (χ1n) is 10.5. The lowest BCUT2D eigenvalue weighted by Crippen LogP contribution is -2.47. The maximum Gasteiger partial charge on any atom is 0.275 e. The third-order valence-corrected chi connectivity index (χ3v) is 5.97. The van der Waals surface area contributed by atoms with E-state index in [2.05, 4.69) is 9.48 Å². The molecule has 0 spiro atoms. The van der Waals surface area contributed by atoms with Gasteiger partial charge in [0.15, 0.2) is 18.0 Å². The molecule has 3 heterocycles. The molecule has 0 aliphatic carbocycles. The van der Waals surface area contributed by atoms with E-state index in [9.17, 15) is 5.11 Å². The fourth-order valence-electron chi connectivity index (χ4n) is 4.62. The molecule has 6 heteroatoms. The van der Waals surface area contributed by atoms with Gasteiger partial charge in [-0.05, 0) is 62.6 Å². The molecule has 0 saturated carbocycles. The molecular weight excluding hydrogens is 368 g/mol. The number of aliphatic hydroxyl groups is 1. The highest BCUT2D eigenvalue weighted by atomic mass is 16.7. The summed E-state index contributed by atoms with van der Waals surface area (Å²) in [6.45, 7) is 4.35. The van der Waals surface area contributed by atoms with E-state index in [0.29, 0.717) is 13.2 Å². The van der Waals surface area contributed by atoms with Crippen LogP contribution >= 0.6 is 0 Å². The van der Waals surface area contributed by atoms with Crippen molar-refractivity contribution in [3.63, 3.8) is 0 Å². The molecule has 0 amide bonds. The third-order valence-electron chi connectivity index (χ3n) is 5.97. The van der Waals surface area contributed by atoms with Crippen molar-refractivity contribution in [2.45, 2.75) is 38.3 Å². The summed E-state index contributed by atoms with van der Waals surface area (Å²) < 4.78 is 19.0. The number of rotatable bonds is 4. The van der Waals surface area contributed by atoms with Crippen LogP contribution in [0.25, 0.3) is 0 Å². The van der Waals surface area contributed by atoms with Crippen LogP contribution in [0.4, 0.5) is 5.69 Å². The van der Waals surface area contributed by atoms with E-state index in [1.807, 2.05) is 49.4 Å². The predicted molar refractivity (Wildman–Crippen MR) is 110 cm³/mol. The Balaban J connectivity index is 1.58. The van der Waals surface area contributed by atoms with Crippen molar-refractivity contribution < 1.29 is 23.9 Å². The van der Waals surface area contributed by atoms with E-state index in [4.69, 9.17) is 14.2 Å². The molecule has 2 aromatic rings. The molecule has 3 aliphatic rings. The van der Waals surface area contributed by atoms with Crippen molar-refractivity contribution in [1.29, 1.82) is 0 Å². The van der Waals surface area contributed by atoms with E-state index < -0.39 is 5.72 Å². The van der Waals surface area contributed by atoms with Gasteiger partial charge in [-0.2, -0.15) is 4.90 Å². The van der Waals surface area contributed by atoms with E-state index >= 15 is 0 Å². The highest BCUT2D eigenvalue weighted by Gasteiger charge is 2.54. The topological polar surface area (TPSA) is 54.2 Å². The zero-order chi connectivity index (χ0) is 19.8. The van der Waals surface area contributed by atoms with Crippen molar-refractivity contribution >= 4 is 11.5 Å². The smallest absolute Gasteiger partial charge is 0.275 e. The van der Waals surface area contributed by atoms with Crippen LogP contribution in [0.2, 0.25) is 0 Å². The Morgan fingerprint density at radius 3 is 2.72 bits per heavy atom. The second-order valence-corrected chi connectivity index (χ2v) is 7.80. The zero-order valence-corrected chi connectivity index (χ0v) is 16.8. The second-order valence-electron chi connectivity index (χ2n) is 7.80. The molecule has 0 bridgehead atoms. The summed E-state index contributed by atoms with van der Waals surface area (Å²) in [6.07, 6.45) is 4.45. The van der Waals surface area contributed by atoms with Crippen LogP contribution in [-0.4, -0.2) is 42.0 Å². The van der Waals surface area contributed by atoms with Gasteiger partial charge >= 0.3 is 0 Å². The molecule has 1 atom stereocenters. The van der Waals surface area contributed by atoms with Crippen LogP contribution in [0.1, 0.15) is 38.2 Å². The van der Waals surface area contributed by atoms with Gasteiger partial charge in [0, 0.05) is 18.1 Å². The van der Waals surface area contributed by atoms with Gasteiger partial charge in [-0.3, -0.25) is 4.58 Å². The highest BCUT2D eigenvalue weighted by Crippen LogP contribution is 2.42. The third kappa shape index (κ3) is 3.12. The van der Waals surface area contributed by atoms with Gasteiger partial charge in [0.1, 0.15) is 11.4 Å². The van der Waals surface area contributed by atoms with Gasteiger partial charge in [0.05, 0.1) is 13.2 Å². The lowest BCUT2D eigenvalue weighted by Gasteiger charge is -2.29. The molecule has 152 valence electrons. The molecule has 0 saturated heterocycles. The Morgan fingerprint density at radius 1 is 1.07 bits per heavy atom. The number of fused-ring (bicyclic) bond motifs is 1. The van der Waals surface area contributed by atoms with E-state index in [1.54, 1.807) is 0 Å². The number of benzene rings is 2. The Bertz CT molecular complexity index is 940. The van der Waals surface area contributed by atoms with Crippen LogP contribution < -0.4 is 19.1 Å². The standard InChI is InChI=1S/C23H27N2O4/c1-2-27-19-10-7-17(8-11-19)23(26)15-24-13-5-3-4-6-22(24)25(23)18-9-12-20-21(14-18)29-16-28-20/h7-12,14,26H,2-6,13,15-16H2,1H3/q+1/t23-/m1/s1. The summed E-state index contributed by atoms with van der Waals surface area (Å²) >= 11 is 0. The SMILES string of the molecule is CCOc1ccc([C@]2(O)C[N+]3=C(CCCCC3)N2c2ccc3c(c2)OCO3)cc1. The number of anilines is 1.